The van der Waals surface area contributed by atoms with Gasteiger partial charge < -0.3 is 10.2 Å². The number of carbonyl (C=O) groups is 1. The number of halogens is 1. The van der Waals surface area contributed by atoms with E-state index in [2.05, 4.69) is 0 Å². The Morgan fingerprint density at radius 3 is 2.71 bits per heavy atom. The van der Waals surface area contributed by atoms with E-state index in [-0.39, 0.29) is 11.4 Å². The van der Waals surface area contributed by atoms with Crippen molar-refractivity contribution >= 4 is 5.97 Å². The minimum Gasteiger partial charge on any atom is -0.479 e. The molecule has 0 aromatic heterocycles. The highest BCUT2D eigenvalue weighted by Gasteiger charge is 2.16. The van der Waals surface area contributed by atoms with Crippen molar-refractivity contribution in [2.45, 2.75) is 19.4 Å². The largest absolute Gasteiger partial charge is 0.479 e. The van der Waals surface area contributed by atoms with Crippen molar-refractivity contribution in [3.8, 4) is 0 Å². The lowest BCUT2D eigenvalue weighted by atomic mass is 10.0. The van der Waals surface area contributed by atoms with Crippen molar-refractivity contribution in [3.05, 3.63) is 35.1 Å². The Bertz CT molecular complexity index is 349. The highest BCUT2D eigenvalue weighted by atomic mass is 19.1. The van der Waals surface area contributed by atoms with Gasteiger partial charge in [-0.15, -0.1) is 0 Å². The molecule has 0 radical (unpaired) electrons. The molecule has 14 heavy (non-hydrogen) atoms. The van der Waals surface area contributed by atoms with Gasteiger partial charge in [-0.25, -0.2) is 9.18 Å². The van der Waals surface area contributed by atoms with Gasteiger partial charge in [0.2, 0.25) is 0 Å². The number of aliphatic hydroxyl groups excluding tert-OH is 1. The summed E-state index contributed by atoms with van der Waals surface area (Å²) in [6.07, 6.45) is -1.12. The Hall–Kier alpha value is -1.42. The molecule has 0 saturated carbocycles. The monoisotopic (exact) mass is 198 g/mol. The van der Waals surface area contributed by atoms with Crippen LogP contribution in [0.3, 0.4) is 0 Å². The molecule has 0 fully saturated rings. The summed E-state index contributed by atoms with van der Waals surface area (Å²) in [5.41, 5.74) is 0.610. The first-order valence-electron chi connectivity index (χ1n) is 4.25. The van der Waals surface area contributed by atoms with Crippen molar-refractivity contribution in [3.63, 3.8) is 0 Å². The third-order valence-electron chi connectivity index (χ3n) is 2.00. The third kappa shape index (κ3) is 2.09. The first-order valence-corrected chi connectivity index (χ1v) is 4.25. The summed E-state index contributed by atoms with van der Waals surface area (Å²) in [4.78, 5) is 10.4. The number of aliphatic carboxylic acids is 1. The number of aliphatic hydroxyl groups is 1. The van der Waals surface area contributed by atoms with E-state index in [4.69, 9.17) is 5.11 Å². The molecular formula is C10H11FO3. The maximum atomic E-state index is 13.0. The van der Waals surface area contributed by atoms with Gasteiger partial charge in [0.05, 0.1) is 0 Å². The lowest BCUT2D eigenvalue weighted by molar-refractivity contribution is -0.146. The molecule has 0 aliphatic carbocycles. The SMILES string of the molecule is CCc1cc(C(O)C(=O)O)ccc1F. The quantitative estimate of drug-likeness (QED) is 0.773. The van der Waals surface area contributed by atoms with Crippen molar-refractivity contribution < 1.29 is 19.4 Å². The molecule has 0 aliphatic heterocycles. The molecule has 0 aliphatic rings. The summed E-state index contributed by atoms with van der Waals surface area (Å²) >= 11 is 0. The normalized spacial score (nSPS) is 12.5. The number of aryl methyl sites for hydroxylation is 1. The molecule has 1 unspecified atom stereocenters. The summed E-state index contributed by atoms with van der Waals surface area (Å²) in [7, 11) is 0. The van der Waals surface area contributed by atoms with Crippen LogP contribution in [0, 0.1) is 5.82 Å². The summed E-state index contributed by atoms with van der Waals surface area (Å²) in [5.74, 6) is -1.72. The van der Waals surface area contributed by atoms with Gasteiger partial charge in [0.1, 0.15) is 5.82 Å². The first kappa shape index (κ1) is 10.7. The molecule has 0 amide bonds. The minimum atomic E-state index is -1.58. The minimum absolute atomic E-state index is 0.204. The third-order valence-corrected chi connectivity index (χ3v) is 2.00. The molecule has 0 spiro atoms. The van der Waals surface area contributed by atoms with Crippen LogP contribution < -0.4 is 0 Å². The van der Waals surface area contributed by atoms with E-state index in [1.807, 2.05) is 0 Å². The van der Waals surface area contributed by atoms with E-state index < -0.39 is 12.1 Å². The second-order valence-corrected chi connectivity index (χ2v) is 2.95. The van der Waals surface area contributed by atoms with Gasteiger partial charge in [-0.3, -0.25) is 0 Å². The molecule has 1 rings (SSSR count). The topological polar surface area (TPSA) is 57.5 Å². The van der Waals surface area contributed by atoms with Gasteiger partial charge in [-0.1, -0.05) is 13.0 Å². The van der Waals surface area contributed by atoms with E-state index in [1.165, 1.54) is 18.2 Å². The Morgan fingerprint density at radius 1 is 1.57 bits per heavy atom. The van der Waals surface area contributed by atoms with E-state index in [1.54, 1.807) is 6.92 Å². The molecule has 3 nitrogen and oxygen atoms in total. The maximum absolute atomic E-state index is 13.0. The van der Waals surface area contributed by atoms with Crippen molar-refractivity contribution in [2.75, 3.05) is 0 Å². The summed E-state index contributed by atoms with van der Waals surface area (Å²) in [6, 6.07) is 3.81. The fourth-order valence-corrected chi connectivity index (χ4v) is 1.18. The number of carboxylic acid groups (broad SMARTS) is 1. The molecule has 1 aromatic carbocycles. The van der Waals surface area contributed by atoms with Gasteiger partial charge in [0.25, 0.3) is 0 Å². The van der Waals surface area contributed by atoms with E-state index in [0.717, 1.165) is 0 Å². The van der Waals surface area contributed by atoms with Crippen LogP contribution in [0.4, 0.5) is 4.39 Å². The van der Waals surface area contributed by atoms with E-state index >= 15 is 0 Å². The molecular weight excluding hydrogens is 187 g/mol. The molecule has 1 aromatic rings. The van der Waals surface area contributed by atoms with Crippen molar-refractivity contribution in [1.82, 2.24) is 0 Å². The van der Waals surface area contributed by atoms with Crippen LogP contribution in [-0.4, -0.2) is 16.2 Å². The fraction of sp³-hybridized carbons (Fsp3) is 0.300. The second kappa shape index (κ2) is 4.19. The van der Waals surface area contributed by atoms with Crippen molar-refractivity contribution in [1.29, 1.82) is 0 Å². The highest BCUT2D eigenvalue weighted by molar-refractivity contribution is 5.74. The standard InChI is InChI=1S/C10H11FO3/c1-2-6-5-7(3-4-8(6)11)9(12)10(13)14/h3-5,9,12H,2H2,1H3,(H,13,14). The van der Waals surface area contributed by atoms with Crippen LogP contribution >= 0.6 is 0 Å². The fourth-order valence-electron chi connectivity index (χ4n) is 1.18. The summed E-state index contributed by atoms with van der Waals surface area (Å²) in [6.45, 7) is 1.76. The number of hydrogen-bond acceptors (Lipinski definition) is 2. The Labute approximate surface area is 80.8 Å². The average molecular weight is 198 g/mol. The summed E-state index contributed by atoms with van der Waals surface area (Å²) < 4.78 is 13.0. The molecule has 2 N–H and O–H groups in total. The zero-order valence-corrected chi connectivity index (χ0v) is 7.70. The maximum Gasteiger partial charge on any atom is 0.337 e. The van der Waals surface area contributed by atoms with E-state index in [0.29, 0.717) is 12.0 Å². The Balaban J connectivity index is 3.06. The number of benzene rings is 1. The van der Waals surface area contributed by atoms with Crippen LogP contribution in [0.2, 0.25) is 0 Å². The van der Waals surface area contributed by atoms with Crippen LogP contribution in [-0.2, 0) is 11.2 Å². The molecule has 4 heteroatoms. The van der Waals surface area contributed by atoms with Gasteiger partial charge >= 0.3 is 5.97 Å². The van der Waals surface area contributed by atoms with Crippen molar-refractivity contribution in [2.24, 2.45) is 0 Å². The predicted octanol–water partition coefficient (Wildman–Crippen LogP) is 1.51. The van der Waals surface area contributed by atoms with Crippen LogP contribution in [0.5, 0.6) is 0 Å². The molecule has 76 valence electrons. The molecule has 1 atom stereocenters. The van der Waals surface area contributed by atoms with Crippen LogP contribution in [0.15, 0.2) is 18.2 Å². The Kier molecular flexibility index (Phi) is 3.19. The number of hydrogen-bond donors (Lipinski definition) is 2. The second-order valence-electron chi connectivity index (χ2n) is 2.95. The van der Waals surface area contributed by atoms with Crippen LogP contribution in [0.1, 0.15) is 24.2 Å². The number of rotatable bonds is 3. The van der Waals surface area contributed by atoms with Gasteiger partial charge in [-0.05, 0) is 29.7 Å². The zero-order chi connectivity index (χ0) is 10.7. The average Bonchev–Trinajstić information content (AvgIpc) is 2.17. The first-order chi connectivity index (χ1) is 6.56. The Morgan fingerprint density at radius 2 is 2.21 bits per heavy atom. The number of carboxylic acids is 1. The lowest BCUT2D eigenvalue weighted by Crippen LogP contribution is -2.10. The predicted molar refractivity (Wildman–Crippen MR) is 48.4 cm³/mol. The van der Waals surface area contributed by atoms with Crippen LogP contribution in [0.25, 0.3) is 0 Å². The summed E-state index contributed by atoms with van der Waals surface area (Å²) in [5, 5.41) is 17.7. The molecule has 0 saturated heterocycles. The lowest BCUT2D eigenvalue weighted by Gasteiger charge is -2.07. The molecule has 0 bridgehead atoms. The molecule has 0 heterocycles. The van der Waals surface area contributed by atoms with Gasteiger partial charge in [-0.2, -0.15) is 0 Å². The zero-order valence-electron chi connectivity index (χ0n) is 7.70. The van der Waals surface area contributed by atoms with Gasteiger partial charge in [0, 0.05) is 0 Å². The van der Waals surface area contributed by atoms with E-state index in [9.17, 15) is 14.3 Å². The smallest absolute Gasteiger partial charge is 0.337 e. The highest BCUT2D eigenvalue weighted by Crippen LogP contribution is 2.17. The van der Waals surface area contributed by atoms with Gasteiger partial charge in [0.15, 0.2) is 6.10 Å².